The molecule has 3 rings (SSSR count). The van der Waals surface area contributed by atoms with E-state index in [9.17, 15) is 4.79 Å². The largest absolute Gasteiger partial charge is 0.481 e. The lowest BCUT2D eigenvalue weighted by molar-refractivity contribution is 0.156. The van der Waals surface area contributed by atoms with Crippen molar-refractivity contribution >= 4 is 33.7 Å². The summed E-state index contributed by atoms with van der Waals surface area (Å²) in [7, 11) is 1.56. The number of nitrogens with one attached hydrogen (secondary N) is 1. The van der Waals surface area contributed by atoms with Gasteiger partial charge < -0.3 is 14.8 Å². The van der Waals surface area contributed by atoms with Gasteiger partial charge in [0, 0.05) is 24.5 Å². The highest BCUT2D eigenvalue weighted by Gasteiger charge is 2.36. The summed E-state index contributed by atoms with van der Waals surface area (Å²) in [6, 6.07) is 3.31. The van der Waals surface area contributed by atoms with Crippen LogP contribution in [0.15, 0.2) is 29.0 Å². The molecule has 2 unspecified atom stereocenters. The zero-order chi connectivity index (χ0) is 18.7. The number of rotatable bonds is 4. The standard InChI is InChI=1S/C17H20BrN5O3/c1-4-26-17(24)23-10(2)7-12(21-16-19-8-11(18)9-20-16)15-13(23)5-6-14(22-15)25-3/h5-6,8-10,12H,4,7H2,1-3H3,(H,19,20,21). The summed E-state index contributed by atoms with van der Waals surface area (Å²) in [4.78, 5) is 27.1. The van der Waals surface area contributed by atoms with Gasteiger partial charge in [-0.15, -0.1) is 0 Å². The first-order valence-electron chi connectivity index (χ1n) is 8.28. The summed E-state index contributed by atoms with van der Waals surface area (Å²) < 4.78 is 11.3. The van der Waals surface area contributed by atoms with Crippen molar-refractivity contribution in [1.82, 2.24) is 15.0 Å². The van der Waals surface area contributed by atoms with Crippen LogP contribution in [0.1, 0.15) is 32.0 Å². The lowest BCUT2D eigenvalue weighted by Gasteiger charge is -2.38. The molecule has 8 nitrogen and oxygen atoms in total. The molecule has 26 heavy (non-hydrogen) atoms. The van der Waals surface area contributed by atoms with Gasteiger partial charge in [-0.05, 0) is 42.3 Å². The number of anilines is 2. The smallest absolute Gasteiger partial charge is 0.414 e. The number of hydrogen-bond donors (Lipinski definition) is 1. The highest BCUT2D eigenvalue weighted by atomic mass is 79.9. The summed E-state index contributed by atoms with van der Waals surface area (Å²) >= 11 is 3.32. The summed E-state index contributed by atoms with van der Waals surface area (Å²) in [5, 5.41) is 3.30. The van der Waals surface area contributed by atoms with E-state index in [1.54, 1.807) is 37.4 Å². The van der Waals surface area contributed by atoms with Gasteiger partial charge in [0.15, 0.2) is 0 Å². The van der Waals surface area contributed by atoms with Crippen molar-refractivity contribution in [2.75, 3.05) is 23.9 Å². The van der Waals surface area contributed by atoms with E-state index in [4.69, 9.17) is 9.47 Å². The first-order valence-corrected chi connectivity index (χ1v) is 9.07. The van der Waals surface area contributed by atoms with E-state index in [2.05, 4.69) is 36.2 Å². The predicted octanol–water partition coefficient (Wildman–Crippen LogP) is 3.55. The lowest BCUT2D eigenvalue weighted by Crippen LogP contribution is -2.45. The van der Waals surface area contributed by atoms with E-state index in [1.807, 2.05) is 13.0 Å². The molecule has 0 saturated carbocycles. The molecule has 0 saturated heterocycles. The molecule has 0 radical (unpaired) electrons. The molecular formula is C17H20BrN5O3. The average molecular weight is 422 g/mol. The molecule has 0 spiro atoms. The van der Waals surface area contributed by atoms with Crippen LogP contribution in [0, 0.1) is 0 Å². The highest BCUT2D eigenvalue weighted by Crippen LogP contribution is 2.38. The Labute approximate surface area is 160 Å². The Bertz CT molecular complexity index is 786. The predicted molar refractivity (Wildman–Crippen MR) is 100 cm³/mol. The van der Waals surface area contributed by atoms with Gasteiger partial charge in [0.1, 0.15) is 0 Å². The van der Waals surface area contributed by atoms with E-state index in [-0.39, 0.29) is 18.2 Å². The molecule has 0 fully saturated rings. The Hall–Kier alpha value is -2.42. The number of aromatic nitrogens is 3. The molecule has 3 heterocycles. The third kappa shape index (κ3) is 3.72. The van der Waals surface area contributed by atoms with E-state index in [1.165, 1.54) is 0 Å². The molecule has 0 aliphatic carbocycles. The molecule has 9 heteroatoms. The summed E-state index contributed by atoms with van der Waals surface area (Å²) in [5.74, 6) is 0.969. The Morgan fingerprint density at radius 3 is 2.77 bits per heavy atom. The fourth-order valence-electron chi connectivity index (χ4n) is 2.96. The fraction of sp³-hybridized carbons (Fsp3) is 0.412. The normalized spacial score (nSPS) is 18.8. The fourth-order valence-corrected chi connectivity index (χ4v) is 3.16. The molecule has 138 valence electrons. The number of ether oxygens (including phenoxy) is 2. The van der Waals surface area contributed by atoms with E-state index >= 15 is 0 Å². The number of fused-ring (bicyclic) bond motifs is 1. The number of halogens is 1. The van der Waals surface area contributed by atoms with E-state index in [0.717, 1.165) is 4.47 Å². The number of methoxy groups -OCH3 is 1. The van der Waals surface area contributed by atoms with Crippen LogP contribution in [-0.4, -0.2) is 40.8 Å². The van der Waals surface area contributed by atoms with Crippen LogP contribution in [0.4, 0.5) is 16.4 Å². The Morgan fingerprint density at radius 1 is 1.38 bits per heavy atom. The topological polar surface area (TPSA) is 89.5 Å². The summed E-state index contributed by atoms with van der Waals surface area (Å²) in [6.45, 7) is 4.07. The van der Waals surface area contributed by atoms with Gasteiger partial charge in [-0.25, -0.2) is 19.7 Å². The third-order valence-corrected chi connectivity index (χ3v) is 4.49. The van der Waals surface area contributed by atoms with Gasteiger partial charge in [0.2, 0.25) is 11.8 Å². The number of pyridine rings is 1. The van der Waals surface area contributed by atoms with Gasteiger partial charge in [0.05, 0.1) is 35.6 Å². The number of amides is 1. The quantitative estimate of drug-likeness (QED) is 0.806. The van der Waals surface area contributed by atoms with Gasteiger partial charge in [-0.1, -0.05) is 0 Å². The van der Waals surface area contributed by atoms with Crippen molar-refractivity contribution in [1.29, 1.82) is 0 Å². The van der Waals surface area contributed by atoms with Crippen LogP contribution < -0.4 is 15.0 Å². The minimum atomic E-state index is -0.383. The van der Waals surface area contributed by atoms with Crippen molar-refractivity contribution in [3.8, 4) is 5.88 Å². The molecule has 1 aliphatic heterocycles. The average Bonchev–Trinajstić information content (AvgIpc) is 2.63. The summed E-state index contributed by atoms with van der Waals surface area (Å²) in [6.07, 6.45) is 3.59. The van der Waals surface area contributed by atoms with Gasteiger partial charge in [-0.3, -0.25) is 4.90 Å². The van der Waals surface area contributed by atoms with Crippen LogP contribution in [0.25, 0.3) is 0 Å². The maximum atomic E-state index is 12.4. The lowest BCUT2D eigenvalue weighted by atomic mass is 9.96. The number of nitrogens with zero attached hydrogens (tertiary/aromatic N) is 4. The van der Waals surface area contributed by atoms with Crippen molar-refractivity contribution in [3.63, 3.8) is 0 Å². The molecule has 0 bridgehead atoms. The maximum Gasteiger partial charge on any atom is 0.414 e. The molecule has 1 N–H and O–H groups in total. The first kappa shape index (κ1) is 18.4. The minimum Gasteiger partial charge on any atom is -0.481 e. The highest BCUT2D eigenvalue weighted by molar-refractivity contribution is 9.10. The van der Waals surface area contributed by atoms with Crippen LogP contribution in [0.5, 0.6) is 5.88 Å². The maximum absolute atomic E-state index is 12.4. The zero-order valence-corrected chi connectivity index (χ0v) is 16.4. The number of hydrogen-bond acceptors (Lipinski definition) is 7. The van der Waals surface area contributed by atoms with Crippen LogP contribution in [-0.2, 0) is 4.74 Å². The van der Waals surface area contributed by atoms with Gasteiger partial charge in [-0.2, -0.15) is 0 Å². The second-order valence-corrected chi connectivity index (χ2v) is 6.75. The van der Waals surface area contributed by atoms with Crippen molar-refractivity contribution in [2.24, 2.45) is 0 Å². The number of carbonyl (C=O) groups excluding carboxylic acids is 1. The van der Waals surface area contributed by atoms with Crippen LogP contribution >= 0.6 is 15.9 Å². The summed E-state index contributed by atoms with van der Waals surface area (Å²) in [5.41, 5.74) is 1.39. The van der Waals surface area contributed by atoms with E-state index in [0.29, 0.717) is 36.2 Å². The molecule has 2 aromatic rings. The third-order valence-electron chi connectivity index (χ3n) is 4.08. The van der Waals surface area contributed by atoms with Crippen LogP contribution in [0.2, 0.25) is 0 Å². The Kier molecular flexibility index (Phi) is 5.55. The molecule has 2 aromatic heterocycles. The van der Waals surface area contributed by atoms with Gasteiger partial charge >= 0.3 is 6.09 Å². The Balaban J connectivity index is 1.97. The number of carbonyl (C=O) groups is 1. The molecule has 0 aromatic carbocycles. The first-order chi connectivity index (χ1) is 12.5. The second-order valence-electron chi connectivity index (χ2n) is 5.83. The van der Waals surface area contributed by atoms with Crippen molar-refractivity contribution < 1.29 is 14.3 Å². The second kappa shape index (κ2) is 7.86. The molecule has 2 atom stereocenters. The SMILES string of the molecule is CCOC(=O)N1c2ccc(OC)nc2C(Nc2ncc(Br)cn2)CC1C. The van der Waals surface area contributed by atoms with Crippen LogP contribution in [0.3, 0.4) is 0 Å². The Morgan fingerprint density at radius 2 is 2.12 bits per heavy atom. The minimum absolute atomic E-state index is 0.0790. The van der Waals surface area contributed by atoms with Crippen molar-refractivity contribution in [3.05, 3.63) is 34.7 Å². The van der Waals surface area contributed by atoms with Gasteiger partial charge in [0.25, 0.3) is 0 Å². The zero-order valence-electron chi connectivity index (χ0n) is 14.8. The molecule has 1 aliphatic rings. The van der Waals surface area contributed by atoms with Crippen molar-refractivity contribution in [2.45, 2.75) is 32.4 Å². The monoisotopic (exact) mass is 421 g/mol. The van der Waals surface area contributed by atoms with E-state index < -0.39 is 0 Å². The molecular weight excluding hydrogens is 402 g/mol. The molecule has 1 amide bonds.